The molecule has 0 atom stereocenters. The maximum atomic E-state index is 11.0. The van der Waals surface area contributed by atoms with Gasteiger partial charge >= 0.3 is 11.9 Å². The van der Waals surface area contributed by atoms with Crippen LogP contribution < -0.4 is 0 Å². The summed E-state index contributed by atoms with van der Waals surface area (Å²) in [5.74, 6) is -2.31. The Morgan fingerprint density at radius 2 is 1.62 bits per heavy atom. The van der Waals surface area contributed by atoms with E-state index in [0.717, 1.165) is 0 Å². The van der Waals surface area contributed by atoms with E-state index in [1.54, 1.807) is 0 Å². The normalized spacial score (nSPS) is 10.5. The minimum absolute atomic E-state index is 0.264. The summed E-state index contributed by atoms with van der Waals surface area (Å²) in [7, 11) is 0. The Bertz CT molecular complexity index is 240. The highest BCUT2D eigenvalue weighted by atomic mass is 16.7. The SMILES string of the molecule is C=C(C)C(=O)OC(C)(C)OC(C)=O. The van der Waals surface area contributed by atoms with Crippen molar-refractivity contribution in [2.75, 3.05) is 0 Å². The van der Waals surface area contributed by atoms with E-state index in [9.17, 15) is 9.59 Å². The second kappa shape index (κ2) is 4.07. The Morgan fingerprint density at radius 1 is 1.15 bits per heavy atom. The summed E-state index contributed by atoms with van der Waals surface area (Å²) < 4.78 is 9.56. The van der Waals surface area contributed by atoms with Crippen molar-refractivity contribution >= 4 is 11.9 Å². The van der Waals surface area contributed by atoms with Gasteiger partial charge in [0.1, 0.15) is 0 Å². The molecule has 0 aromatic carbocycles. The predicted molar refractivity (Wildman–Crippen MR) is 46.8 cm³/mol. The highest BCUT2D eigenvalue weighted by Crippen LogP contribution is 2.13. The predicted octanol–water partition coefficient (Wildman–Crippen LogP) is 1.40. The summed E-state index contributed by atoms with van der Waals surface area (Å²) in [5, 5.41) is 0. The Hall–Kier alpha value is -1.32. The van der Waals surface area contributed by atoms with Gasteiger partial charge in [-0.2, -0.15) is 0 Å². The van der Waals surface area contributed by atoms with Crippen LogP contribution in [-0.2, 0) is 19.1 Å². The first-order valence-electron chi connectivity index (χ1n) is 3.83. The first kappa shape index (κ1) is 11.7. The summed E-state index contributed by atoms with van der Waals surface area (Å²) in [5.41, 5.74) is 0.264. The Labute approximate surface area is 77.5 Å². The third-order valence-electron chi connectivity index (χ3n) is 1.08. The Kier molecular flexibility index (Phi) is 3.66. The van der Waals surface area contributed by atoms with E-state index in [0.29, 0.717) is 0 Å². The standard InChI is InChI=1S/C9H14O4/c1-6(2)8(11)13-9(4,5)12-7(3)10/h1H2,2-5H3. The molecule has 0 saturated heterocycles. The Morgan fingerprint density at radius 3 is 1.92 bits per heavy atom. The molecular formula is C9H14O4. The van der Waals surface area contributed by atoms with Gasteiger partial charge in [0, 0.05) is 26.3 Å². The lowest BCUT2D eigenvalue weighted by Crippen LogP contribution is -2.33. The molecule has 0 amide bonds. The molecule has 74 valence electrons. The lowest BCUT2D eigenvalue weighted by Gasteiger charge is -2.24. The van der Waals surface area contributed by atoms with Crippen LogP contribution in [0.15, 0.2) is 12.2 Å². The van der Waals surface area contributed by atoms with Crippen molar-refractivity contribution in [1.82, 2.24) is 0 Å². The van der Waals surface area contributed by atoms with Gasteiger partial charge in [0.2, 0.25) is 0 Å². The molecule has 0 fully saturated rings. The number of hydrogen-bond donors (Lipinski definition) is 0. The Balaban J connectivity index is 4.24. The van der Waals surface area contributed by atoms with Crippen LogP contribution in [0.25, 0.3) is 0 Å². The summed E-state index contributed by atoms with van der Waals surface area (Å²) in [6.07, 6.45) is 0. The third kappa shape index (κ3) is 5.00. The minimum atomic E-state index is -1.23. The van der Waals surface area contributed by atoms with E-state index in [1.807, 2.05) is 0 Å². The van der Waals surface area contributed by atoms with Crippen LogP contribution in [0.2, 0.25) is 0 Å². The lowest BCUT2D eigenvalue weighted by atomic mass is 10.3. The van der Waals surface area contributed by atoms with Crippen LogP contribution >= 0.6 is 0 Å². The smallest absolute Gasteiger partial charge is 0.336 e. The topological polar surface area (TPSA) is 52.6 Å². The van der Waals surface area contributed by atoms with Gasteiger partial charge in [-0.3, -0.25) is 4.79 Å². The molecule has 0 N–H and O–H groups in total. The average molecular weight is 186 g/mol. The van der Waals surface area contributed by atoms with Gasteiger partial charge in [0.25, 0.3) is 5.79 Å². The molecule has 0 unspecified atom stereocenters. The molecule has 0 heterocycles. The number of carbonyl (C=O) groups excluding carboxylic acids is 2. The van der Waals surface area contributed by atoms with Crippen LogP contribution in [0.1, 0.15) is 27.7 Å². The zero-order valence-corrected chi connectivity index (χ0v) is 8.34. The lowest BCUT2D eigenvalue weighted by molar-refractivity contribution is -0.211. The third-order valence-corrected chi connectivity index (χ3v) is 1.08. The van der Waals surface area contributed by atoms with Crippen molar-refractivity contribution < 1.29 is 19.1 Å². The summed E-state index contributed by atoms with van der Waals surface area (Å²) in [6.45, 7) is 9.13. The van der Waals surface area contributed by atoms with E-state index in [2.05, 4.69) is 6.58 Å². The molecule has 4 nitrogen and oxygen atoms in total. The van der Waals surface area contributed by atoms with Crippen molar-refractivity contribution in [2.24, 2.45) is 0 Å². The molecule has 0 radical (unpaired) electrons. The minimum Gasteiger partial charge on any atom is -0.423 e. The second-order valence-corrected chi connectivity index (χ2v) is 3.16. The van der Waals surface area contributed by atoms with Crippen molar-refractivity contribution in [2.45, 2.75) is 33.5 Å². The average Bonchev–Trinajstić information content (AvgIpc) is 1.81. The maximum absolute atomic E-state index is 11.0. The molecule has 0 spiro atoms. The van der Waals surface area contributed by atoms with Gasteiger partial charge in [-0.1, -0.05) is 6.58 Å². The van der Waals surface area contributed by atoms with Crippen molar-refractivity contribution in [3.05, 3.63) is 12.2 Å². The quantitative estimate of drug-likeness (QED) is 0.380. The summed E-state index contributed by atoms with van der Waals surface area (Å²) in [6, 6.07) is 0. The largest absolute Gasteiger partial charge is 0.423 e. The van der Waals surface area contributed by atoms with E-state index in [4.69, 9.17) is 9.47 Å². The molecule has 13 heavy (non-hydrogen) atoms. The second-order valence-electron chi connectivity index (χ2n) is 3.16. The van der Waals surface area contributed by atoms with Crippen LogP contribution in [0.4, 0.5) is 0 Å². The molecule has 0 aliphatic rings. The fourth-order valence-electron chi connectivity index (χ4n) is 0.677. The van der Waals surface area contributed by atoms with Crippen molar-refractivity contribution in [3.8, 4) is 0 Å². The highest BCUT2D eigenvalue weighted by Gasteiger charge is 2.25. The molecule has 0 rings (SSSR count). The molecule has 0 bridgehead atoms. The van der Waals surface area contributed by atoms with Gasteiger partial charge in [-0.25, -0.2) is 4.79 Å². The van der Waals surface area contributed by atoms with Crippen LogP contribution in [0, 0.1) is 0 Å². The van der Waals surface area contributed by atoms with Crippen LogP contribution in [-0.4, -0.2) is 17.7 Å². The first-order valence-corrected chi connectivity index (χ1v) is 3.83. The molecule has 0 aliphatic heterocycles. The molecule has 0 saturated carbocycles. The van der Waals surface area contributed by atoms with E-state index in [-0.39, 0.29) is 5.57 Å². The van der Waals surface area contributed by atoms with Crippen molar-refractivity contribution in [1.29, 1.82) is 0 Å². The van der Waals surface area contributed by atoms with Crippen molar-refractivity contribution in [3.63, 3.8) is 0 Å². The molecule has 0 aromatic heterocycles. The number of carbonyl (C=O) groups is 2. The van der Waals surface area contributed by atoms with E-state index in [1.165, 1.54) is 27.7 Å². The van der Waals surface area contributed by atoms with Gasteiger partial charge in [0.15, 0.2) is 0 Å². The fraction of sp³-hybridized carbons (Fsp3) is 0.556. The fourth-order valence-corrected chi connectivity index (χ4v) is 0.677. The molecule has 0 aromatic rings. The van der Waals surface area contributed by atoms with Gasteiger partial charge in [0.05, 0.1) is 0 Å². The van der Waals surface area contributed by atoms with Crippen LogP contribution in [0.3, 0.4) is 0 Å². The molecular weight excluding hydrogens is 172 g/mol. The van der Waals surface area contributed by atoms with E-state index < -0.39 is 17.7 Å². The zero-order chi connectivity index (χ0) is 10.6. The van der Waals surface area contributed by atoms with Gasteiger partial charge in [-0.05, 0) is 6.92 Å². The molecule has 4 heteroatoms. The monoisotopic (exact) mass is 186 g/mol. The molecule has 0 aliphatic carbocycles. The van der Waals surface area contributed by atoms with Gasteiger partial charge < -0.3 is 9.47 Å². The zero-order valence-electron chi connectivity index (χ0n) is 8.34. The summed E-state index contributed by atoms with van der Waals surface area (Å²) >= 11 is 0. The first-order chi connectivity index (χ1) is 5.74. The number of hydrogen-bond acceptors (Lipinski definition) is 4. The highest BCUT2D eigenvalue weighted by molar-refractivity contribution is 5.87. The summed E-state index contributed by atoms with van der Waals surface area (Å²) in [4.78, 5) is 21.6. The maximum Gasteiger partial charge on any atom is 0.336 e. The number of rotatable bonds is 3. The van der Waals surface area contributed by atoms with Crippen LogP contribution in [0.5, 0.6) is 0 Å². The number of ether oxygens (including phenoxy) is 2. The number of esters is 2. The van der Waals surface area contributed by atoms with E-state index >= 15 is 0 Å². The van der Waals surface area contributed by atoms with Gasteiger partial charge in [-0.15, -0.1) is 0 Å².